The molecule has 0 fully saturated rings. The maximum atomic E-state index is 12.9. The van der Waals surface area contributed by atoms with E-state index in [-0.39, 0.29) is 48.1 Å². The fourth-order valence-electron chi connectivity index (χ4n) is 3.28. The summed E-state index contributed by atoms with van der Waals surface area (Å²) in [6, 6.07) is 8.64. The molecular weight excluding hydrogens is 588 g/mol. The molecule has 0 aliphatic carbocycles. The summed E-state index contributed by atoms with van der Waals surface area (Å²) in [5.41, 5.74) is 0.337. The lowest BCUT2D eigenvalue weighted by atomic mass is 10.2. The number of hydrogen-bond acceptors (Lipinski definition) is 7. The summed E-state index contributed by atoms with van der Waals surface area (Å²) in [5.74, 6) is -0.912. The Morgan fingerprint density at radius 3 is 2.62 bits per heavy atom. The van der Waals surface area contributed by atoms with Crippen LogP contribution in [0.4, 0.5) is 10.1 Å². The lowest BCUT2D eigenvalue weighted by Crippen LogP contribution is -2.51. The molecular formula is C26H32Cl2FN3O7S. The second-order valence-electron chi connectivity index (χ2n) is 8.19. The number of benzene rings is 2. The minimum atomic E-state index is -3.68. The summed E-state index contributed by atoms with van der Waals surface area (Å²) in [6.45, 7) is 7.76. The first-order valence-electron chi connectivity index (χ1n) is 12.3. The van der Waals surface area contributed by atoms with Crippen molar-refractivity contribution in [3.63, 3.8) is 0 Å². The second kappa shape index (κ2) is 16.3. The standard InChI is InChI=1S/C16H23ClN2O5S.C10H9ClFNO2/c1-3-7-18-16(20)15-11-19(25(21,22)9-8-23-4-2)13-10-12(17)5-6-14(13)24-15;1-2-13-10(14)6-15-7-3-4-8(11)9(12)5-7/h5-6,10,15H,3-4,7-9,11H2,1-2H3,(H,18,20);2-5H,1,6H2,(H,13,14). The Hall–Kier alpha value is -3.06. The third-order valence-electron chi connectivity index (χ3n) is 5.18. The lowest BCUT2D eigenvalue weighted by molar-refractivity contribution is -0.127. The molecule has 1 heterocycles. The molecule has 10 nitrogen and oxygen atoms in total. The molecule has 0 saturated carbocycles. The molecule has 1 unspecified atom stereocenters. The highest BCUT2D eigenvalue weighted by molar-refractivity contribution is 7.92. The van der Waals surface area contributed by atoms with Gasteiger partial charge in [-0.2, -0.15) is 0 Å². The molecule has 220 valence electrons. The van der Waals surface area contributed by atoms with E-state index in [0.717, 1.165) is 12.5 Å². The van der Waals surface area contributed by atoms with Crippen LogP contribution in [0.1, 0.15) is 20.3 Å². The molecule has 0 spiro atoms. The van der Waals surface area contributed by atoms with Crippen LogP contribution in [0.5, 0.6) is 11.5 Å². The van der Waals surface area contributed by atoms with Crippen molar-refractivity contribution >= 4 is 50.7 Å². The molecule has 0 saturated heterocycles. The molecule has 2 amide bonds. The molecule has 2 N–H and O–H groups in total. The molecule has 3 rings (SSSR count). The molecule has 1 aliphatic heterocycles. The number of sulfonamides is 1. The van der Waals surface area contributed by atoms with Gasteiger partial charge >= 0.3 is 0 Å². The summed E-state index contributed by atoms with van der Waals surface area (Å²) in [5, 5.41) is 5.46. The highest BCUT2D eigenvalue weighted by Gasteiger charge is 2.36. The van der Waals surface area contributed by atoms with Crippen molar-refractivity contribution in [2.45, 2.75) is 26.4 Å². The summed E-state index contributed by atoms with van der Waals surface area (Å²) >= 11 is 11.5. The van der Waals surface area contributed by atoms with Crippen LogP contribution >= 0.6 is 23.2 Å². The van der Waals surface area contributed by atoms with Crippen LogP contribution in [-0.2, 0) is 24.3 Å². The first kappa shape index (κ1) is 33.1. The molecule has 0 radical (unpaired) electrons. The maximum Gasteiger partial charge on any atom is 0.263 e. The molecule has 14 heteroatoms. The van der Waals surface area contributed by atoms with Gasteiger partial charge in [-0.25, -0.2) is 12.8 Å². The van der Waals surface area contributed by atoms with E-state index in [0.29, 0.717) is 29.6 Å². The molecule has 0 aromatic heterocycles. The first-order valence-corrected chi connectivity index (χ1v) is 14.7. The number of anilines is 1. The fraction of sp³-hybridized carbons (Fsp3) is 0.385. The van der Waals surface area contributed by atoms with Crippen LogP contribution in [0, 0.1) is 5.82 Å². The van der Waals surface area contributed by atoms with Crippen LogP contribution in [0.25, 0.3) is 0 Å². The topological polar surface area (TPSA) is 123 Å². The second-order valence-corrected chi connectivity index (χ2v) is 11.0. The largest absolute Gasteiger partial charge is 0.484 e. The number of halogens is 3. The van der Waals surface area contributed by atoms with E-state index < -0.39 is 21.9 Å². The van der Waals surface area contributed by atoms with Gasteiger partial charge in [0.15, 0.2) is 12.7 Å². The van der Waals surface area contributed by atoms with E-state index in [4.69, 9.17) is 37.4 Å². The average Bonchev–Trinajstić information content (AvgIpc) is 2.92. The zero-order valence-electron chi connectivity index (χ0n) is 22.1. The monoisotopic (exact) mass is 619 g/mol. The SMILES string of the molecule is C=CNC(=O)COc1ccc(Cl)c(F)c1.CCCNC(=O)C1CN(S(=O)(=O)CCOCC)c2cc(Cl)ccc2O1. The van der Waals surface area contributed by atoms with Crippen LogP contribution in [0.2, 0.25) is 10.0 Å². The Labute approximate surface area is 243 Å². The first-order chi connectivity index (χ1) is 19.0. The van der Waals surface area contributed by atoms with Gasteiger partial charge in [0.25, 0.3) is 11.8 Å². The number of rotatable bonds is 12. The Morgan fingerprint density at radius 2 is 1.98 bits per heavy atom. The van der Waals surface area contributed by atoms with Gasteiger partial charge in [-0.15, -0.1) is 0 Å². The molecule has 2 aromatic carbocycles. The number of hydrogen-bond donors (Lipinski definition) is 2. The van der Waals surface area contributed by atoms with E-state index >= 15 is 0 Å². The van der Waals surface area contributed by atoms with Gasteiger partial charge in [0.2, 0.25) is 10.0 Å². The summed E-state index contributed by atoms with van der Waals surface area (Å²) in [7, 11) is -3.68. The van der Waals surface area contributed by atoms with Gasteiger partial charge < -0.3 is 24.8 Å². The van der Waals surface area contributed by atoms with E-state index in [9.17, 15) is 22.4 Å². The number of carbonyl (C=O) groups is 2. The number of carbonyl (C=O) groups excluding carboxylic acids is 2. The molecule has 2 aromatic rings. The smallest absolute Gasteiger partial charge is 0.263 e. The third-order valence-corrected chi connectivity index (χ3v) is 7.42. The fourth-order valence-corrected chi connectivity index (χ4v) is 4.91. The minimum absolute atomic E-state index is 0.0119. The lowest BCUT2D eigenvalue weighted by Gasteiger charge is -2.34. The van der Waals surface area contributed by atoms with Crippen molar-refractivity contribution in [1.29, 1.82) is 0 Å². The van der Waals surface area contributed by atoms with E-state index in [1.54, 1.807) is 19.1 Å². The maximum absolute atomic E-state index is 12.9. The van der Waals surface area contributed by atoms with Crippen molar-refractivity contribution in [3.05, 3.63) is 65.0 Å². The minimum Gasteiger partial charge on any atom is -0.484 e. The van der Waals surface area contributed by atoms with Crippen LogP contribution in [0.3, 0.4) is 0 Å². The summed E-state index contributed by atoms with van der Waals surface area (Å²) < 4.78 is 55.4. The van der Waals surface area contributed by atoms with Crippen molar-refractivity contribution < 1.29 is 36.6 Å². The Balaban J connectivity index is 0.000000319. The Bertz CT molecular complexity index is 1280. The Kier molecular flexibility index (Phi) is 13.5. The predicted molar refractivity (Wildman–Crippen MR) is 152 cm³/mol. The highest BCUT2D eigenvalue weighted by atomic mass is 35.5. The number of ether oxygens (including phenoxy) is 3. The van der Waals surface area contributed by atoms with Gasteiger partial charge in [0.05, 0.1) is 29.6 Å². The van der Waals surface area contributed by atoms with Crippen LogP contribution in [-0.4, -0.2) is 65.0 Å². The molecule has 1 atom stereocenters. The normalized spacial score (nSPS) is 14.1. The van der Waals surface area contributed by atoms with Crippen LogP contribution in [0.15, 0.2) is 49.2 Å². The van der Waals surface area contributed by atoms with Crippen LogP contribution < -0.4 is 24.4 Å². The summed E-state index contributed by atoms with van der Waals surface area (Å²) in [6.07, 6.45) is 1.11. The third kappa shape index (κ3) is 10.2. The van der Waals surface area contributed by atoms with E-state index in [2.05, 4.69) is 17.2 Å². The molecule has 40 heavy (non-hydrogen) atoms. The molecule has 1 aliphatic rings. The number of nitrogens with one attached hydrogen (secondary N) is 2. The predicted octanol–water partition coefficient (Wildman–Crippen LogP) is 3.92. The molecule has 0 bridgehead atoms. The summed E-state index contributed by atoms with van der Waals surface area (Å²) in [4.78, 5) is 23.2. The van der Waals surface area contributed by atoms with Crippen molar-refractivity contribution in [2.24, 2.45) is 0 Å². The van der Waals surface area contributed by atoms with Crippen molar-refractivity contribution in [2.75, 3.05) is 43.0 Å². The van der Waals surface area contributed by atoms with E-state index in [1.165, 1.54) is 28.7 Å². The van der Waals surface area contributed by atoms with Gasteiger partial charge in [-0.05, 0) is 49.9 Å². The highest BCUT2D eigenvalue weighted by Crippen LogP contribution is 2.37. The van der Waals surface area contributed by atoms with E-state index in [1.807, 2.05) is 6.92 Å². The van der Waals surface area contributed by atoms with Crippen molar-refractivity contribution in [1.82, 2.24) is 10.6 Å². The Morgan fingerprint density at radius 1 is 1.23 bits per heavy atom. The van der Waals surface area contributed by atoms with Gasteiger partial charge in [-0.3, -0.25) is 13.9 Å². The quantitative estimate of drug-likeness (QED) is 0.345. The number of fused-ring (bicyclic) bond motifs is 1. The average molecular weight is 621 g/mol. The van der Waals surface area contributed by atoms with Gasteiger partial charge in [0.1, 0.15) is 17.3 Å². The number of amides is 2. The van der Waals surface area contributed by atoms with Crippen molar-refractivity contribution in [3.8, 4) is 11.5 Å². The number of nitrogens with zero attached hydrogens (tertiary/aromatic N) is 1. The zero-order chi connectivity index (χ0) is 29.7. The van der Waals surface area contributed by atoms with Gasteiger partial charge in [-0.1, -0.05) is 36.7 Å². The van der Waals surface area contributed by atoms with Gasteiger partial charge in [0, 0.05) is 24.2 Å². The zero-order valence-corrected chi connectivity index (χ0v) is 24.5.